The largest absolute Gasteiger partial charge is 0.497 e. The predicted octanol–water partition coefficient (Wildman–Crippen LogP) is 1.65. The first-order valence-electron chi connectivity index (χ1n) is 6.29. The zero-order valence-corrected chi connectivity index (χ0v) is 11.1. The van der Waals surface area contributed by atoms with Gasteiger partial charge in [0.2, 0.25) is 5.91 Å². The summed E-state index contributed by atoms with van der Waals surface area (Å²) < 4.78 is 5.12. The molecule has 1 atom stereocenters. The number of nitriles is 1. The Bertz CT molecular complexity index is 518. The molecule has 1 aliphatic rings. The fourth-order valence-electron chi connectivity index (χ4n) is 1.72. The minimum Gasteiger partial charge on any atom is -0.497 e. The average Bonchev–Trinajstić information content (AvgIpc) is 3.22. The third kappa shape index (κ3) is 3.38. The van der Waals surface area contributed by atoms with E-state index in [1.54, 1.807) is 32.2 Å². The van der Waals surface area contributed by atoms with Crippen LogP contribution in [0.3, 0.4) is 0 Å². The maximum absolute atomic E-state index is 11.9. The quantitative estimate of drug-likeness (QED) is 0.843. The molecule has 0 saturated heterocycles. The number of amides is 1. The Balaban J connectivity index is 2.07. The monoisotopic (exact) mass is 259 g/mol. The molecule has 0 aliphatic heterocycles. The Morgan fingerprint density at radius 1 is 1.53 bits per heavy atom. The first-order chi connectivity index (χ1) is 9.13. The topological polar surface area (TPSA) is 74.1 Å². The van der Waals surface area contributed by atoms with Gasteiger partial charge in [-0.2, -0.15) is 5.26 Å². The van der Waals surface area contributed by atoms with Crippen LogP contribution in [0.15, 0.2) is 18.2 Å². The molecular weight excluding hydrogens is 242 g/mol. The average molecular weight is 259 g/mol. The van der Waals surface area contributed by atoms with Gasteiger partial charge in [-0.1, -0.05) is 0 Å². The van der Waals surface area contributed by atoms with Gasteiger partial charge in [-0.25, -0.2) is 0 Å². The minimum absolute atomic E-state index is 0.0470. The highest BCUT2D eigenvalue weighted by molar-refractivity contribution is 5.85. The van der Waals surface area contributed by atoms with Gasteiger partial charge in [0.15, 0.2) is 0 Å². The molecule has 1 fully saturated rings. The van der Waals surface area contributed by atoms with Gasteiger partial charge < -0.3 is 15.4 Å². The van der Waals surface area contributed by atoms with Gasteiger partial charge in [0, 0.05) is 12.1 Å². The van der Waals surface area contributed by atoms with Crippen molar-refractivity contribution in [3.63, 3.8) is 0 Å². The molecule has 0 heterocycles. The van der Waals surface area contributed by atoms with Gasteiger partial charge in [-0.15, -0.1) is 0 Å². The van der Waals surface area contributed by atoms with Crippen molar-refractivity contribution in [3.05, 3.63) is 23.8 Å². The summed E-state index contributed by atoms with van der Waals surface area (Å²) in [6.07, 6.45) is 2.11. The number of hydrogen-bond acceptors (Lipinski definition) is 4. The van der Waals surface area contributed by atoms with Crippen molar-refractivity contribution in [3.8, 4) is 11.8 Å². The normalized spacial score (nSPS) is 15.2. The highest BCUT2D eigenvalue weighted by atomic mass is 16.5. The Labute approximate surface area is 112 Å². The number of hydrogen-bond donors (Lipinski definition) is 2. The van der Waals surface area contributed by atoms with Crippen LogP contribution in [0.1, 0.15) is 25.3 Å². The number of carbonyl (C=O) groups excluding carboxylic acids is 1. The Morgan fingerprint density at radius 3 is 2.84 bits per heavy atom. The summed E-state index contributed by atoms with van der Waals surface area (Å²) in [5.41, 5.74) is 1.10. The standard InChI is InChI=1S/C14H17N3O2/c1-9(14(18)17-11-4-5-11)16-13-7-12(19-2)6-3-10(13)8-15/h3,6-7,9,11,16H,4-5H2,1-2H3,(H,17,18). The fraction of sp³-hybridized carbons (Fsp3) is 0.429. The maximum atomic E-state index is 11.9. The first-order valence-corrected chi connectivity index (χ1v) is 6.29. The smallest absolute Gasteiger partial charge is 0.242 e. The van der Waals surface area contributed by atoms with Crippen molar-refractivity contribution in [2.45, 2.75) is 31.8 Å². The number of benzene rings is 1. The van der Waals surface area contributed by atoms with Crippen LogP contribution in [0.4, 0.5) is 5.69 Å². The molecule has 0 radical (unpaired) electrons. The van der Waals surface area contributed by atoms with Crippen LogP contribution < -0.4 is 15.4 Å². The van der Waals surface area contributed by atoms with Crippen molar-refractivity contribution < 1.29 is 9.53 Å². The second-order valence-electron chi connectivity index (χ2n) is 4.67. The summed E-state index contributed by atoms with van der Waals surface area (Å²) in [5, 5.41) is 15.0. The zero-order valence-electron chi connectivity index (χ0n) is 11.1. The molecule has 1 saturated carbocycles. The fourth-order valence-corrected chi connectivity index (χ4v) is 1.72. The summed E-state index contributed by atoms with van der Waals surface area (Å²) in [6, 6.07) is 7.15. The van der Waals surface area contributed by atoms with Gasteiger partial charge >= 0.3 is 0 Å². The Hall–Kier alpha value is -2.22. The van der Waals surface area contributed by atoms with Crippen LogP contribution in [0, 0.1) is 11.3 Å². The summed E-state index contributed by atoms with van der Waals surface area (Å²) >= 11 is 0. The number of nitrogens with one attached hydrogen (secondary N) is 2. The number of carbonyl (C=O) groups is 1. The van der Waals surface area contributed by atoms with E-state index in [4.69, 9.17) is 10.00 Å². The van der Waals surface area contributed by atoms with Crippen LogP contribution in [0.5, 0.6) is 5.75 Å². The van der Waals surface area contributed by atoms with E-state index >= 15 is 0 Å². The number of anilines is 1. The number of nitrogens with zero attached hydrogens (tertiary/aromatic N) is 1. The molecule has 0 spiro atoms. The summed E-state index contributed by atoms with van der Waals surface area (Å²) in [6.45, 7) is 1.78. The van der Waals surface area contributed by atoms with Crippen LogP contribution in [0.2, 0.25) is 0 Å². The molecular formula is C14H17N3O2. The molecule has 1 aromatic carbocycles. The summed E-state index contributed by atoms with van der Waals surface area (Å²) in [7, 11) is 1.56. The molecule has 0 bridgehead atoms. The molecule has 1 unspecified atom stereocenters. The molecule has 2 N–H and O–H groups in total. The summed E-state index contributed by atoms with van der Waals surface area (Å²) in [4.78, 5) is 11.9. The summed E-state index contributed by atoms with van der Waals surface area (Å²) in [5.74, 6) is 0.602. The lowest BCUT2D eigenvalue weighted by Gasteiger charge is -2.16. The SMILES string of the molecule is COc1ccc(C#N)c(NC(C)C(=O)NC2CC2)c1. The van der Waals surface area contributed by atoms with E-state index in [-0.39, 0.29) is 11.9 Å². The second-order valence-corrected chi connectivity index (χ2v) is 4.67. The molecule has 5 heteroatoms. The van der Waals surface area contributed by atoms with Gasteiger partial charge in [0.05, 0.1) is 18.4 Å². The highest BCUT2D eigenvalue weighted by Gasteiger charge is 2.25. The van der Waals surface area contributed by atoms with E-state index in [0.29, 0.717) is 23.0 Å². The molecule has 1 amide bonds. The zero-order chi connectivity index (χ0) is 13.8. The number of ether oxygens (including phenoxy) is 1. The van der Waals surface area contributed by atoms with E-state index in [1.165, 1.54) is 0 Å². The van der Waals surface area contributed by atoms with Crippen molar-refractivity contribution >= 4 is 11.6 Å². The van der Waals surface area contributed by atoms with Crippen LogP contribution in [-0.2, 0) is 4.79 Å². The number of rotatable bonds is 5. The van der Waals surface area contributed by atoms with Crippen molar-refractivity contribution in [1.29, 1.82) is 5.26 Å². The lowest BCUT2D eigenvalue weighted by atomic mass is 10.1. The van der Waals surface area contributed by atoms with Crippen LogP contribution >= 0.6 is 0 Å². The molecule has 5 nitrogen and oxygen atoms in total. The van der Waals surface area contributed by atoms with E-state index in [2.05, 4.69) is 16.7 Å². The highest BCUT2D eigenvalue weighted by Crippen LogP contribution is 2.23. The Kier molecular flexibility index (Phi) is 3.91. The number of methoxy groups -OCH3 is 1. The second kappa shape index (κ2) is 5.61. The third-order valence-corrected chi connectivity index (χ3v) is 3.04. The molecule has 0 aromatic heterocycles. The molecule has 1 aliphatic carbocycles. The van der Waals surface area contributed by atoms with Crippen LogP contribution in [-0.4, -0.2) is 25.1 Å². The van der Waals surface area contributed by atoms with E-state index in [0.717, 1.165) is 12.8 Å². The lowest BCUT2D eigenvalue weighted by Crippen LogP contribution is -2.38. The van der Waals surface area contributed by atoms with Crippen LogP contribution in [0.25, 0.3) is 0 Å². The van der Waals surface area contributed by atoms with Gasteiger partial charge in [0.25, 0.3) is 0 Å². The first kappa shape index (κ1) is 13.2. The molecule has 2 rings (SSSR count). The van der Waals surface area contributed by atoms with Gasteiger partial charge in [-0.05, 0) is 31.9 Å². The molecule has 19 heavy (non-hydrogen) atoms. The molecule has 1 aromatic rings. The van der Waals surface area contributed by atoms with Crippen molar-refractivity contribution in [2.24, 2.45) is 0 Å². The maximum Gasteiger partial charge on any atom is 0.242 e. The Morgan fingerprint density at radius 2 is 2.26 bits per heavy atom. The van der Waals surface area contributed by atoms with Gasteiger partial charge in [0.1, 0.15) is 17.9 Å². The minimum atomic E-state index is -0.389. The molecule has 100 valence electrons. The van der Waals surface area contributed by atoms with E-state index in [9.17, 15) is 4.79 Å². The predicted molar refractivity (Wildman–Crippen MR) is 72.0 cm³/mol. The lowest BCUT2D eigenvalue weighted by molar-refractivity contribution is -0.121. The van der Waals surface area contributed by atoms with E-state index < -0.39 is 0 Å². The van der Waals surface area contributed by atoms with Crippen molar-refractivity contribution in [2.75, 3.05) is 12.4 Å². The third-order valence-electron chi connectivity index (χ3n) is 3.04. The van der Waals surface area contributed by atoms with E-state index in [1.807, 2.05) is 0 Å². The van der Waals surface area contributed by atoms with Gasteiger partial charge in [-0.3, -0.25) is 4.79 Å². The van der Waals surface area contributed by atoms with Crippen molar-refractivity contribution in [1.82, 2.24) is 5.32 Å².